The van der Waals surface area contributed by atoms with Crippen LogP contribution in [0.15, 0.2) is 34.9 Å². The Kier molecular flexibility index (Phi) is 5.87. The van der Waals surface area contributed by atoms with Crippen molar-refractivity contribution in [1.29, 1.82) is 0 Å². The quantitative estimate of drug-likeness (QED) is 0.923. The van der Waals surface area contributed by atoms with Crippen molar-refractivity contribution in [3.05, 3.63) is 41.2 Å². The van der Waals surface area contributed by atoms with Gasteiger partial charge in [-0.3, -0.25) is 4.90 Å². The number of nitrogens with zero attached hydrogens (tertiary/aromatic N) is 2. The molecule has 2 heterocycles. The second kappa shape index (κ2) is 7.47. The molecule has 0 saturated carbocycles. The molecule has 2 atom stereocenters. The van der Waals surface area contributed by atoms with E-state index in [4.69, 9.17) is 21.8 Å². The summed E-state index contributed by atoms with van der Waals surface area (Å²) in [4.78, 5) is 6.99. The lowest BCUT2D eigenvalue weighted by molar-refractivity contribution is 0.252. The Labute approximate surface area is 142 Å². The fourth-order valence-corrected chi connectivity index (χ4v) is 3.05. The van der Waals surface area contributed by atoms with E-state index in [0.717, 1.165) is 30.9 Å². The van der Waals surface area contributed by atoms with Crippen molar-refractivity contribution in [2.75, 3.05) is 13.1 Å². The van der Waals surface area contributed by atoms with E-state index >= 15 is 0 Å². The molecular weight excluding hydrogens is 321 g/mol. The first-order valence-electron chi connectivity index (χ1n) is 7.30. The van der Waals surface area contributed by atoms with Gasteiger partial charge in [0, 0.05) is 29.7 Å². The number of nitrogens with two attached hydrogens (primary N) is 1. The number of aromatic nitrogens is 1. The molecule has 4 nitrogen and oxygen atoms in total. The van der Waals surface area contributed by atoms with Crippen molar-refractivity contribution in [2.24, 2.45) is 11.7 Å². The summed E-state index contributed by atoms with van der Waals surface area (Å²) >= 11 is 5.89. The minimum absolute atomic E-state index is 0. The van der Waals surface area contributed by atoms with Gasteiger partial charge < -0.3 is 10.2 Å². The van der Waals surface area contributed by atoms with Crippen LogP contribution >= 0.6 is 24.0 Å². The van der Waals surface area contributed by atoms with Crippen LogP contribution in [0.25, 0.3) is 11.5 Å². The van der Waals surface area contributed by atoms with Gasteiger partial charge in [0.05, 0.1) is 5.69 Å². The molecule has 2 unspecified atom stereocenters. The van der Waals surface area contributed by atoms with Crippen LogP contribution in [0.3, 0.4) is 0 Å². The van der Waals surface area contributed by atoms with Crippen molar-refractivity contribution in [1.82, 2.24) is 9.88 Å². The second-order valence-electron chi connectivity index (χ2n) is 5.77. The molecule has 1 aromatic heterocycles. The normalized spacial score (nSPS) is 21.8. The standard InChI is InChI=1S/C16H20ClN3O.ClH/c1-11-6-12(7-18)8-20(11)9-15-10-21-16(19-15)13-2-4-14(17)5-3-13;/h2-5,10-12H,6-9,18H2,1H3;1H. The summed E-state index contributed by atoms with van der Waals surface area (Å²) in [5, 5.41) is 0.712. The van der Waals surface area contributed by atoms with Crippen molar-refractivity contribution in [2.45, 2.75) is 25.9 Å². The summed E-state index contributed by atoms with van der Waals surface area (Å²) in [5.41, 5.74) is 7.68. The van der Waals surface area contributed by atoms with Gasteiger partial charge in [-0.2, -0.15) is 0 Å². The minimum atomic E-state index is 0. The first kappa shape index (κ1) is 17.3. The van der Waals surface area contributed by atoms with E-state index in [1.807, 2.05) is 24.3 Å². The third-order valence-corrected chi connectivity index (χ3v) is 4.38. The molecule has 6 heteroatoms. The average molecular weight is 342 g/mol. The first-order chi connectivity index (χ1) is 10.2. The maximum Gasteiger partial charge on any atom is 0.226 e. The predicted molar refractivity (Wildman–Crippen MR) is 91.2 cm³/mol. The lowest BCUT2D eigenvalue weighted by Gasteiger charge is -2.19. The van der Waals surface area contributed by atoms with E-state index in [0.29, 0.717) is 22.9 Å². The fourth-order valence-electron chi connectivity index (χ4n) is 2.92. The summed E-state index contributed by atoms with van der Waals surface area (Å²) in [7, 11) is 0. The van der Waals surface area contributed by atoms with Gasteiger partial charge in [0.25, 0.3) is 0 Å². The molecule has 22 heavy (non-hydrogen) atoms. The Morgan fingerprint density at radius 1 is 1.36 bits per heavy atom. The van der Waals surface area contributed by atoms with Crippen LogP contribution in [0.2, 0.25) is 5.02 Å². The van der Waals surface area contributed by atoms with Crippen LogP contribution in [-0.2, 0) is 6.54 Å². The van der Waals surface area contributed by atoms with Crippen LogP contribution in [0.5, 0.6) is 0 Å². The SMILES string of the molecule is CC1CC(CN)CN1Cc1coc(-c2ccc(Cl)cc2)n1.Cl. The third kappa shape index (κ3) is 3.82. The lowest BCUT2D eigenvalue weighted by Crippen LogP contribution is -2.27. The number of rotatable bonds is 4. The predicted octanol–water partition coefficient (Wildman–Crippen LogP) is 3.59. The highest BCUT2D eigenvalue weighted by molar-refractivity contribution is 6.30. The molecule has 1 aliphatic heterocycles. The van der Waals surface area contributed by atoms with Gasteiger partial charge in [-0.15, -0.1) is 12.4 Å². The number of benzene rings is 1. The number of hydrogen-bond donors (Lipinski definition) is 1. The Morgan fingerprint density at radius 3 is 2.73 bits per heavy atom. The van der Waals surface area contributed by atoms with Gasteiger partial charge in [0.1, 0.15) is 6.26 Å². The van der Waals surface area contributed by atoms with Crippen LogP contribution in [0.4, 0.5) is 0 Å². The van der Waals surface area contributed by atoms with E-state index in [9.17, 15) is 0 Å². The zero-order chi connectivity index (χ0) is 14.8. The smallest absolute Gasteiger partial charge is 0.226 e. The molecular formula is C16H21Cl2N3O. The molecule has 1 aromatic carbocycles. The van der Waals surface area contributed by atoms with Crippen LogP contribution in [0, 0.1) is 5.92 Å². The van der Waals surface area contributed by atoms with Gasteiger partial charge in [-0.1, -0.05) is 11.6 Å². The average Bonchev–Trinajstić information content (AvgIpc) is 3.08. The Morgan fingerprint density at radius 2 is 2.09 bits per heavy atom. The molecule has 0 bridgehead atoms. The maximum absolute atomic E-state index is 5.89. The molecule has 1 aliphatic rings. The monoisotopic (exact) mass is 341 g/mol. The molecule has 3 rings (SSSR count). The van der Waals surface area contributed by atoms with E-state index in [-0.39, 0.29) is 12.4 Å². The zero-order valence-corrected chi connectivity index (χ0v) is 14.1. The van der Waals surface area contributed by atoms with E-state index in [2.05, 4.69) is 16.8 Å². The van der Waals surface area contributed by atoms with Crippen LogP contribution in [0.1, 0.15) is 19.0 Å². The Bertz CT molecular complexity index is 600. The van der Waals surface area contributed by atoms with Gasteiger partial charge in [0.15, 0.2) is 0 Å². The largest absolute Gasteiger partial charge is 0.444 e. The summed E-state index contributed by atoms with van der Waals surface area (Å²) in [6.45, 7) is 4.86. The number of likely N-dealkylation sites (tertiary alicyclic amines) is 1. The molecule has 0 radical (unpaired) electrons. The molecule has 0 amide bonds. The van der Waals surface area contributed by atoms with Crippen LogP contribution in [-0.4, -0.2) is 29.0 Å². The van der Waals surface area contributed by atoms with Crippen molar-refractivity contribution in [3.63, 3.8) is 0 Å². The topological polar surface area (TPSA) is 55.3 Å². The van der Waals surface area contributed by atoms with E-state index in [1.54, 1.807) is 6.26 Å². The van der Waals surface area contributed by atoms with Gasteiger partial charge in [0.2, 0.25) is 5.89 Å². The molecule has 0 spiro atoms. The van der Waals surface area contributed by atoms with Crippen molar-refractivity contribution in [3.8, 4) is 11.5 Å². The summed E-state index contributed by atoms with van der Waals surface area (Å²) < 4.78 is 5.58. The molecule has 1 saturated heterocycles. The molecule has 0 aliphatic carbocycles. The highest BCUT2D eigenvalue weighted by Crippen LogP contribution is 2.25. The fraction of sp³-hybridized carbons (Fsp3) is 0.438. The van der Waals surface area contributed by atoms with Crippen LogP contribution < -0.4 is 5.73 Å². The number of oxazole rings is 1. The second-order valence-corrected chi connectivity index (χ2v) is 6.20. The summed E-state index contributed by atoms with van der Waals surface area (Å²) in [6, 6.07) is 8.07. The van der Waals surface area contributed by atoms with Crippen molar-refractivity contribution >= 4 is 24.0 Å². The van der Waals surface area contributed by atoms with Gasteiger partial charge in [-0.05, 0) is 50.1 Å². The van der Waals surface area contributed by atoms with E-state index < -0.39 is 0 Å². The Balaban J connectivity index is 0.00000176. The number of hydrogen-bond acceptors (Lipinski definition) is 4. The first-order valence-corrected chi connectivity index (χ1v) is 7.68. The maximum atomic E-state index is 5.89. The Hall–Kier alpha value is -1.07. The molecule has 120 valence electrons. The minimum Gasteiger partial charge on any atom is -0.444 e. The lowest BCUT2D eigenvalue weighted by atomic mass is 10.1. The summed E-state index contributed by atoms with van der Waals surface area (Å²) in [6.07, 6.45) is 2.91. The summed E-state index contributed by atoms with van der Waals surface area (Å²) in [5.74, 6) is 1.24. The van der Waals surface area contributed by atoms with Gasteiger partial charge >= 0.3 is 0 Å². The highest BCUT2D eigenvalue weighted by Gasteiger charge is 2.28. The number of halogens is 2. The third-order valence-electron chi connectivity index (χ3n) is 4.13. The van der Waals surface area contributed by atoms with Crippen molar-refractivity contribution < 1.29 is 4.42 Å². The van der Waals surface area contributed by atoms with Gasteiger partial charge in [-0.25, -0.2) is 4.98 Å². The molecule has 1 fully saturated rings. The van der Waals surface area contributed by atoms with E-state index in [1.165, 1.54) is 6.42 Å². The zero-order valence-electron chi connectivity index (χ0n) is 12.5. The highest BCUT2D eigenvalue weighted by atomic mass is 35.5. The molecule has 2 N–H and O–H groups in total. The molecule has 2 aromatic rings.